The molecule has 1 aliphatic rings. The van der Waals surface area contributed by atoms with E-state index in [9.17, 15) is 4.79 Å². The lowest BCUT2D eigenvalue weighted by Gasteiger charge is -2.10. The number of hydrogen-bond donors (Lipinski definition) is 2. The molecule has 2 N–H and O–H groups in total. The van der Waals surface area contributed by atoms with Crippen LogP contribution in [0.2, 0.25) is 0 Å². The predicted octanol–water partition coefficient (Wildman–Crippen LogP) is 2.63. The first-order valence-corrected chi connectivity index (χ1v) is 5.72. The molecule has 0 aromatic carbocycles. The summed E-state index contributed by atoms with van der Waals surface area (Å²) in [5.41, 5.74) is 1.22. The van der Waals surface area contributed by atoms with Gasteiger partial charge in [-0.2, -0.15) is 0 Å². The maximum Gasteiger partial charge on any atom is 0.339 e. The van der Waals surface area contributed by atoms with Crippen LogP contribution in [0.15, 0.2) is 18.5 Å². The topological polar surface area (TPSA) is 62.2 Å². The molecule has 0 spiro atoms. The molecule has 0 radical (unpaired) electrons. The highest BCUT2D eigenvalue weighted by molar-refractivity contribution is 5.93. The first kappa shape index (κ1) is 11.9. The van der Waals surface area contributed by atoms with Crippen LogP contribution >= 0.6 is 0 Å². The molecule has 17 heavy (non-hydrogen) atoms. The summed E-state index contributed by atoms with van der Waals surface area (Å²) in [6, 6.07) is 2.00. The zero-order valence-corrected chi connectivity index (χ0v) is 10.6. The Morgan fingerprint density at radius 3 is 2.41 bits per heavy atom. The van der Waals surface area contributed by atoms with E-state index in [0.717, 1.165) is 0 Å². The Kier molecular flexibility index (Phi) is 2.42. The maximum absolute atomic E-state index is 11.1. The van der Waals surface area contributed by atoms with Gasteiger partial charge in [0.2, 0.25) is 0 Å². The van der Waals surface area contributed by atoms with Crippen LogP contribution in [0.5, 0.6) is 0 Å². The average molecular weight is 234 g/mol. The third-order valence-corrected chi connectivity index (χ3v) is 4.37. The Bertz CT molecular complexity index is 452. The second-order valence-electron chi connectivity index (χ2n) is 5.75. The van der Waals surface area contributed by atoms with E-state index < -0.39 is 5.97 Å². The fourth-order valence-electron chi connectivity index (χ4n) is 2.40. The van der Waals surface area contributed by atoms with Crippen molar-refractivity contribution in [2.75, 3.05) is 5.32 Å². The van der Waals surface area contributed by atoms with Crippen LogP contribution in [0, 0.1) is 10.8 Å². The second-order valence-corrected chi connectivity index (χ2v) is 5.75. The first-order chi connectivity index (χ1) is 7.78. The molecular weight excluding hydrogens is 216 g/mol. The van der Waals surface area contributed by atoms with Crippen LogP contribution in [0.4, 0.5) is 5.69 Å². The number of aromatic nitrogens is 1. The van der Waals surface area contributed by atoms with Crippen molar-refractivity contribution in [1.82, 2.24) is 4.98 Å². The fourth-order valence-corrected chi connectivity index (χ4v) is 2.40. The Balaban J connectivity index is 2.25. The first-order valence-electron chi connectivity index (χ1n) is 5.72. The van der Waals surface area contributed by atoms with Crippen molar-refractivity contribution in [3.63, 3.8) is 0 Å². The maximum atomic E-state index is 11.1. The van der Waals surface area contributed by atoms with E-state index in [1.807, 2.05) is 0 Å². The molecule has 0 unspecified atom stereocenters. The molecule has 1 aromatic heterocycles. The SMILES string of the molecule is CC1(C)C(Nc2ccncc2C(=O)O)C1(C)C. The van der Waals surface area contributed by atoms with E-state index >= 15 is 0 Å². The van der Waals surface area contributed by atoms with Gasteiger partial charge in [0.15, 0.2) is 0 Å². The van der Waals surface area contributed by atoms with Crippen molar-refractivity contribution < 1.29 is 9.90 Å². The molecule has 4 nitrogen and oxygen atoms in total. The Hall–Kier alpha value is -1.58. The van der Waals surface area contributed by atoms with E-state index in [4.69, 9.17) is 5.11 Å². The number of pyridine rings is 1. The highest BCUT2D eigenvalue weighted by Gasteiger charge is 2.65. The predicted molar refractivity (Wildman–Crippen MR) is 66.2 cm³/mol. The minimum Gasteiger partial charge on any atom is -0.478 e. The van der Waals surface area contributed by atoms with Crippen LogP contribution in [0.3, 0.4) is 0 Å². The van der Waals surface area contributed by atoms with E-state index in [1.54, 1.807) is 12.3 Å². The third kappa shape index (κ3) is 1.68. The van der Waals surface area contributed by atoms with Gasteiger partial charge < -0.3 is 10.4 Å². The minimum atomic E-state index is -0.947. The van der Waals surface area contributed by atoms with Crippen molar-refractivity contribution >= 4 is 11.7 Å². The summed E-state index contributed by atoms with van der Waals surface area (Å²) >= 11 is 0. The molecular formula is C13H18N2O2. The lowest BCUT2D eigenvalue weighted by atomic mass is 10.0. The lowest BCUT2D eigenvalue weighted by Crippen LogP contribution is -2.13. The minimum absolute atomic E-state index is 0.173. The molecule has 0 aliphatic heterocycles. The van der Waals surface area contributed by atoms with E-state index in [2.05, 4.69) is 38.0 Å². The van der Waals surface area contributed by atoms with Gasteiger partial charge in [0.25, 0.3) is 0 Å². The number of rotatable bonds is 3. The van der Waals surface area contributed by atoms with Crippen LogP contribution in [0.25, 0.3) is 0 Å². The third-order valence-electron chi connectivity index (χ3n) is 4.37. The highest BCUT2D eigenvalue weighted by Crippen LogP contribution is 2.63. The molecule has 0 saturated heterocycles. The summed E-state index contributed by atoms with van der Waals surface area (Å²) in [5, 5.41) is 12.4. The van der Waals surface area contributed by atoms with Crippen LogP contribution in [-0.2, 0) is 0 Å². The molecule has 0 amide bonds. The molecule has 92 valence electrons. The van der Waals surface area contributed by atoms with Crippen LogP contribution < -0.4 is 5.32 Å². The van der Waals surface area contributed by atoms with E-state index in [1.165, 1.54) is 6.20 Å². The summed E-state index contributed by atoms with van der Waals surface area (Å²) in [6.45, 7) is 8.75. The molecule has 1 heterocycles. The van der Waals surface area contributed by atoms with E-state index in [0.29, 0.717) is 5.69 Å². The molecule has 0 bridgehead atoms. The normalized spacial score (nSPS) is 20.9. The smallest absolute Gasteiger partial charge is 0.339 e. The van der Waals surface area contributed by atoms with E-state index in [-0.39, 0.29) is 22.4 Å². The van der Waals surface area contributed by atoms with Gasteiger partial charge in [0.1, 0.15) is 5.56 Å². The Morgan fingerprint density at radius 1 is 1.35 bits per heavy atom. The van der Waals surface area contributed by atoms with Gasteiger partial charge in [-0.15, -0.1) is 0 Å². The van der Waals surface area contributed by atoms with Gasteiger partial charge in [0, 0.05) is 18.4 Å². The zero-order chi connectivity index (χ0) is 12.8. The zero-order valence-electron chi connectivity index (χ0n) is 10.6. The van der Waals surface area contributed by atoms with Gasteiger partial charge >= 0.3 is 5.97 Å². The van der Waals surface area contributed by atoms with Crippen molar-refractivity contribution in [2.24, 2.45) is 10.8 Å². The largest absolute Gasteiger partial charge is 0.478 e. The summed E-state index contributed by atoms with van der Waals surface area (Å²) in [5.74, 6) is -0.947. The number of carboxylic acid groups (broad SMARTS) is 1. The number of aromatic carboxylic acids is 1. The average Bonchev–Trinajstić information content (AvgIpc) is 2.61. The molecule has 1 saturated carbocycles. The molecule has 1 aliphatic carbocycles. The summed E-state index contributed by atoms with van der Waals surface area (Å²) in [6.07, 6.45) is 2.99. The fraction of sp³-hybridized carbons (Fsp3) is 0.538. The lowest BCUT2D eigenvalue weighted by molar-refractivity contribution is 0.0697. The molecule has 4 heteroatoms. The number of nitrogens with one attached hydrogen (secondary N) is 1. The van der Waals surface area contributed by atoms with Crippen molar-refractivity contribution in [1.29, 1.82) is 0 Å². The van der Waals surface area contributed by atoms with Crippen LogP contribution in [-0.4, -0.2) is 22.1 Å². The summed E-state index contributed by atoms with van der Waals surface area (Å²) in [7, 11) is 0. The van der Waals surface area contributed by atoms with Gasteiger partial charge in [-0.3, -0.25) is 4.98 Å². The number of carboxylic acids is 1. The molecule has 1 aromatic rings. The quantitative estimate of drug-likeness (QED) is 0.844. The summed E-state index contributed by atoms with van der Waals surface area (Å²) < 4.78 is 0. The van der Waals surface area contributed by atoms with Crippen molar-refractivity contribution in [3.8, 4) is 0 Å². The Labute approximate surface area is 101 Å². The van der Waals surface area contributed by atoms with Crippen molar-refractivity contribution in [3.05, 3.63) is 24.0 Å². The number of nitrogens with zero attached hydrogens (tertiary/aromatic N) is 1. The number of anilines is 1. The van der Waals surface area contributed by atoms with Gasteiger partial charge in [-0.1, -0.05) is 27.7 Å². The van der Waals surface area contributed by atoms with Gasteiger partial charge in [-0.25, -0.2) is 4.79 Å². The van der Waals surface area contributed by atoms with Crippen LogP contribution in [0.1, 0.15) is 38.1 Å². The standard InChI is InChI=1S/C13H18N2O2/c1-12(2)11(13(12,3)4)15-9-5-6-14-7-8(9)10(16)17/h5-7,11H,1-4H3,(H,14,15)(H,16,17). The molecule has 0 atom stereocenters. The van der Waals surface area contributed by atoms with Crippen molar-refractivity contribution in [2.45, 2.75) is 33.7 Å². The van der Waals surface area contributed by atoms with Gasteiger partial charge in [0.05, 0.1) is 5.69 Å². The number of hydrogen-bond acceptors (Lipinski definition) is 3. The highest BCUT2D eigenvalue weighted by atomic mass is 16.4. The monoisotopic (exact) mass is 234 g/mol. The molecule has 2 rings (SSSR count). The number of carbonyl (C=O) groups is 1. The Morgan fingerprint density at radius 2 is 1.94 bits per heavy atom. The molecule has 1 fully saturated rings. The second kappa shape index (κ2) is 3.45. The summed E-state index contributed by atoms with van der Waals surface area (Å²) in [4.78, 5) is 14.9. The van der Waals surface area contributed by atoms with Gasteiger partial charge in [-0.05, 0) is 16.9 Å².